The molecular weight excluding hydrogens is 359 g/mol. The molecule has 1 amide bonds. The van der Waals surface area contributed by atoms with E-state index in [-0.39, 0.29) is 23.2 Å². The summed E-state index contributed by atoms with van der Waals surface area (Å²) < 4.78 is 13.6. The highest BCUT2D eigenvalue weighted by atomic mass is 19.1. The third-order valence-corrected chi connectivity index (χ3v) is 5.55. The molecule has 0 aliphatic carbocycles. The van der Waals surface area contributed by atoms with E-state index in [1.807, 2.05) is 13.0 Å². The Morgan fingerprint density at radius 2 is 2.04 bits per heavy atom. The van der Waals surface area contributed by atoms with E-state index < -0.39 is 5.97 Å². The first-order chi connectivity index (χ1) is 13.4. The summed E-state index contributed by atoms with van der Waals surface area (Å²) in [5.41, 5.74) is 3.17. The number of nitrogens with zero attached hydrogens (tertiary/aromatic N) is 1. The lowest BCUT2D eigenvalue weighted by Crippen LogP contribution is -2.39. The van der Waals surface area contributed by atoms with E-state index in [0.29, 0.717) is 24.2 Å². The highest BCUT2D eigenvalue weighted by Gasteiger charge is 2.28. The Hall–Kier alpha value is -3.15. The molecule has 5 nitrogen and oxygen atoms in total. The summed E-state index contributed by atoms with van der Waals surface area (Å²) in [6.45, 7) is 3.01. The van der Waals surface area contributed by atoms with Gasteiger partial charge in [0.1, 0.15) is 11.5 Å². The number of amides is 1. The molecule has 1 atom stereocenters. The Kier molecular flexibility index (Phi) is 4.63. The lowest BCUT2D eigenvalue weighted by molar-refractivity contribution is 0.0685. The van der Waals surface area contributed by atoms with Crippen molar-refractivity contribution in [3.8, 4) is 0 Å². The zero-order valence-corrected chi connectivity index (χ0v) is 15.5. The minimum absolute atomic E-state index is 0.0964. The molecule has 4 rings (SSSR count). The predicted octanol–water partition coefficient (Wildman–Crippen LogP) is 4.33. The van der Waals surface area contributed by atoms with Gasteiger partial charge in [0.15, 0.2) is 0 Å². The number of fused-ring (bicyclic) bond motifs is 1. The number of aromatic carboxylic acids is 1. The lowest BCUT2D eigenvalue weighted by Gasteiger charge is -2.33. The van der Waals surface area contributed by atoms with Gasteiger partial charge in [-0.2, -0.15) is 0 Å². The Bertz CT molecular complexity index is 1070. The van der Waals surface area contributed by atoms with Gasteiger partial charge in [-0.3, -0.25) is 4.79 Å². The lowest BCUT2D eigenvalue weighted by atomic mass is 9.89. The Morgan fingerprint density at radius 1 is 1.21 bits per heavy atom. The SMILES string of the molecule is Cc1c(C(=O)N2CCC[C@@H](c3cccc(C(=O)O)c3)C2)[nH]c2ccc(F)cc12. The summed E-state index contributed by atoms with van der Waals surface area (Å²) >= 11 is 0. The minimum atomic E-state index is -0.952. The molecule has 2 heterocycles. The highest BCUT2D eigenvalue weighted by Crippen LogP contribution is 2.30. The third kappa shape index (κ3) is 3.26. The van der Waals surface area contributed by atoms with Gasteiger partial charge in [-0.05, 0) is 61.2 Å². The van der Waals surface area contributed by atoms with Crippen molar-refractivity contribution in [2.45, 2.75) is 25.7 Å². The van der Waals surface area contributed by atoms with Crippen LogP contribution >= 0.6 is 0 Å². The number of aromatic amines is 1. The fourth-order valence-corrected chi connectivity index (χ4v) is 4.03. The number of piperidine rings is 1. The number of rotatable bonds is 3. The molecule has 0 spiro atoms. The number of carbonyl (C=O) groups excluding carboxylic acids is 1. The van der Waals surface area contributed by atoms with E-state index in [4.69, 9.17) is 0 Å². The van der Waals surface area contributed by atoms with Gasteiger partial charge >= 0.3 is 5.97 Å². The number of aromatic nitrogens is 1. The molecule has 6 heteroatoms. The second kappa shape index (κ2) is 7.11. The van der Waals surface area contributed by atoms with Crippen LogP contribution in [0.1, 0.15) is 50.7 Å². The normalized spacial score (nSPS) is 17.1. The van der Waals surface area contributed by atoms with E-state index in [1.165, 1.54) is 12.1 Å². The molecule has 1 saturated heterocycles. The maximum Gasteiger partial charge on any atom is 0.335 e. The number of likely N-dealkylation sites (tertiary alicyclic amines) is 1. The largest absolute Gasteiger partial charge is 0.478 e. The second-order valence-corrected chi connectivity index (χ2v) is 7.34. The monoisotopic (exact) mass is 380 g/mol. The van der Waals surface area contributed by atoms with Crippen LogP contribution in [0.4, 0.5) is 4.39 Å². The van der Waals surface area contributed by atoms with Crippen molar-refractivity contribution in [3.63, 3.8) is 0 Å². The molecule has 3 aromatic rings. The van der Waals surface area contributed by atoms with Crippen LogP contribution < -0.4 is 0 Å². The number of halogens is 1. The number of hydrogen-bond donors (Lipinski definition) is 2. The quantitative estimate of drug-likeness (QED) is 0.710. The molecule has 144 valence electrons. The molecule has 1 aromatic heterocycles. The van der Waals surface area contributed by atoms with E-state index in [2.05, 4.69) is 4.98 Å². The van der Waals surface area contributed by atoms with Gasteiger partial charge in [0.05, 0.1) is 5.56 Å². The summed E-state index contributed by atoms with van der Waals surface area (Å²) in [5.74, 6) is -1.29. The number of carbonyl (C=O) groups is 2. The summed E-state index contributed by atoms with van der Waals surface area (Å²) in [6.07, 6.45) is 1.76. The topological polar surface area (TPSA) is 73.4 Å². The summed E-state index contributed by atoms with van der Waals surface area (Å²) in [5, 5.41) is 9.93. The van der Waals surface area contributed by atoms with Crippen molar-refractivity contribution in [1.29, 1.82) is 0 Å². The molecular formula is C22H21FN2O3. The molecule has 2 N–H and O–H groups in total. The minimum Gasteiger partial charge on any atom is -0.478 e. The molecule has 28 heavy (non-hydrogen) atoms. The second-order valence-electron chi connectivity index (χ2n) is 7.34. The molecule has 2 aromatic carbocycles. The molecule has 0 unspecified atom stereocenters. The van der Waals surface area contributed by atoms with Gasteiger partial charge in [-0.1, -0.05) is 12.1 Å². The maximum atomic E-state index is 13.6. The molecule has 1 fully saturated rings. The van der Waals surface area contributed by atoms with Crippen LogP contribution in [-0.2, 0) is 0 Å². The van der Waals surface area contributed by atoms with Gasteiger partial charge in [0, 0.05) is 29.9 Å². The number of benzene rings is 2. The van der Waals surface area contributed by atoms with Crippen LogP contribution in [0, 0.1) is 12.7 Å². The van der Waals surface area contributed by atoms with Crippen molar-refractivity contribution in [2.24, 2.45) is 0 Å². The van der Waals surface area contributed by atoms with Gasteiger partial charge in [-0.25, -0.2) is 9.18 Å². The summed E-state index contributed by atoms with van der Waals surface area (Å²) in [4.78, 5) is 29.3. The van der Waals surface area contributed by atoms with Gasteiger partial charge in [0.25, 0.3) is 5.91 Å². The van der Waals surface area contributed by atoms with Crippen LogP contribution in [0.3, 0.4) is 0 Å². The average molecular weight is 380 g/mol. The summed E-state index contributed by atoms with van der Waals surface area (Å²) in [6, 6.07) is 11.4. The first-order valence-electron chi connectivity index (χ1n) is 9.34. The molecule has 1 aliphatic rings. The number of carboxylic acids is 1. The number of H-pyrrole nitrogens is 1. The van der Waals surface area contributed by atoms with Crippen LogP contribution in [0.5, 0.6) is 0 Å². The fraction of sp³-hybridized carbons (Fsp3) is 0.273. The molecule has 0 saturated carbocycles. The fourth-order valence-electron chi connectivity index (χ4n) is 4.03. The predicted molar refractivity (Wildman–Crippen MR) is 104 cm³/mol. The Labute approximate surface area is 161 Å². The number of nitrogens with one attached hydrogen (secondary N) is 1. The summed E-state index contributed by atoms with van der Waals surface area (Å²) in [7, 11) is 0. The first kappa shape index (κ1) is 18.2. The standard InChI is InChI=1S/C22H21FN2O3/c1-13-18-11-17(23)7-8-19(18)24-20(13)21(26)25-9-3-6-16(12-25)14-4-2-5-15(10-14)22(27)28/h2,4-5,7-8,10-11,16,24H,3,6,9,12H2,1H3,(H,27,28)/t16-/m1/s1. The van der Waals surface area contributed by atoms with Crippen molar-refractivity contribution in [2.75, 3.05) is 13.1 Å². The molecule has 0 bridgehead atoms. The van der Waals surface area contributed by atoms with Crippen LogP contribution in [0.15, 0.2) is 42.5 Å². The van der Waals surface area contributed by atoms with E-state index >= 15 is 0 Å². The first-order valence-corrected chi connectivity index (χ1v) is 9.34. The van der Waals surface area contributed by atoms with E-state index in [9.17, 15) is 19.1 Å². The average Bonchev–Trinajstić information content (AvgIpc) is 3.03. The number of hydrogen-bond acceptors (Lipinski definition) is 2. The van der Waals surface area contributed by atoms with Gasteiger partial charge < -0.3 is 15.0 Å². The van der Waals surface area contributed by atoms with Crippen LogP contribution in [-0.4, -0.2) is 40.0 Å². The van der Waals surface area contributed by atoms with E-state index in [0.717, 1.165) is 29.5 Å². The zero-order valence-electron chi connectivity index (χ0n) is 15.5. The zero-order chi connectivity index (χ0) is 19.8. The number of carboxylic acid groups (broad SMARTS) is 1. The van der Waals surface area contributed by atoms with Crippen molar-refractivity contribution >= 4 is 22.8 Å². The van der Waals surface area contributed by atoms with Crippen molar-refractivity contribution in [3.05, 3.63) is 70.7 Å². The molecule has 0 radical (unpaired) electrons. The van der Waals surface area contributed by atoms with Gasteiger partial charge in [-0.15, -0.1) is 0 Å². The Morgan fingerprint density at radius 3 is 2.82 bits per heavy atom. The maximum absolute atomic E-state index is 13.6. The van der Waals surface area contributed by atoms with E-state index in [1.54, 1.807) is 29.2 Å². The Balaban J connectivity index is 1.60. The van der Waals surface area contributed by atoms with Crippen LogP contribution in [0.2, 0.25) is 0 Å². The van der Waals surface area contributed by atoms with Crippen molar-refractivity contribution in [1.82, 2.24) is 9.88 Å². The van der Waals surface area contributed by atoms with Crippen molar-refractivity contribution < 1.29 is 19.1 Å². The van der Waals surface area contributed by atoms with Crippen LogP contribution in [0.25, 0.3) is 10.9 Å². The number of aryl methyl sites for hydroxylation is 1. The van der Waals surface area contributed by atoms with Gasteiger partial charge in [0.2, 0.25) is 0 Å². The highest BCUT2D eigenvalue weighted by molar-refractivity contribution is 6.01. The smallest absolute Gasteiger partial charge is 0.335 e. The molecule has 1 aliphatic heterocycles. The third-order valence-electron chi connectivity index (χ3n) is 5.55.